The molecule has 0 aliphatic carbocycles. The van der Waals surface area contributed by atoms with Crippen molar-refractivity contribution in [3.8, 4) is 5.75 Å². The molecule has 1 saturated heterocycles. The van der Waals surface area contributed by atoms with E-state index < -0.39 is 15.8 Å². The van der Waals surface area contributed by atoms with Gasteiger partial charge in [-0.25, -0.2) is 22.9 Å². The zero-order valence-corrected chi connectivity index (χ0v) is 20.8. The highest BCUT2D eigenvalue weighted by molar-refractivity contribution is 7.89. The first-order valence-electron chi connectivity index (χ1n) is 10.9. The number of nitrogens with zero attached hydrogens (tertiary/aromatic N) is 3. The van der Waals surface area contributed by atoms with E-state index in [-0.39, 0.29) is 22.8 Å². The van der Waals surface area contributed by atoms with Crippen LogP contribution in [-0.2, 0) is 10.0 Å². The summed E-state index contributed by atoms with van der Waals surface area (Å²) in [6, 6.07) is 9.71. The molecule has 0 unspecified atom stereocenters. The van der Waals surface area contributed by atoms with Gasteiger partial charge in [0, 0.05) is 24.5 Å². The summed E-state index contributed by atoms with van der Waals surface area (Å²) in [5.41, 5.74) is 1.40. The van der Waals surface area contributed by atoms with Gasteiger partial charge in [0.25, 0.3) is 0 Å². The van der Waals surface area contributed by atoms with Crippen molar-refractivity contribution in [2.45, 2.75) is 30.8 Å². The average Bonchev–Trinajstić information content (AvgIpc) is 2.80. The first kappa shape index (κ1) is 25.1. The SMILES string of the molecule is Cc1ccc(Nc2ncc(F)c(Nc3ccc(OC4CCN(C)CC4)c(Cl)c3)n2)cc1S(N)(=O)=O. The number of hydrogen-bond acceptors (Lipinski definition) is 8. The zero-order chi connectivity index (χ0) is 25.2. The smallest absolute Gasteiger partial charge is 0.238 e. The van der Waals surface area contributed by atoms with Crippen molar-refractivity contribution in [2.75, 3.05) is 30.8 Å². The maximum atomic E-state index is 14.4. The molecule has 1 aromatic heterocycles. The van der Waals surface area contributed by atoms with E-state index in [4.69, 9.17) is 21.5 Å². The van der Waals surface area contributed by atoms with E-state index in [1.165, 1.54) is 6.07 Å². The lowest BCUT2D eigenvalue weighted by Crippen LogP contribution is -2.35. The van der Waals surface area contributed by atoms with Crippen LogP contribution in [0.4, 0.5) is 27.5 Å². The van der Waals surface area contributed by atoms with Gasteiger partial charge in [-0.05, 0) is 62.7 Å². The lowest BCUT2D eigenvalue weighted by Gasteiger charge is -2.29. The standard InChI is InChI=1S/C23H26ClFN6O3S/c1-14-3-4-16(12-21(14)35(26,32)33)29-23-27-13-19(25)22(30-23)28-15-5-6-20(18(24)11-15)34-17-7-9-31(2)10-8-17/h3-6,11-13,17H,7-10H2,1-2H3,(H2,26,32,33)(H2,27,28,29,30). The molecule has 12 heteroatoms. The minimum Gasteiger partial charge on any atom is -0.489 e. The summed E-state index contributed by atoms with van der Waals surface area (Å²) in [5.74, 6) is -0.123. The molecular formula is C23H26ClFN6O3S. The molecule has 0 spiro atoms. The summed E-state index contributed by atoms with van der Waals surface area (Å²) in [6.07, 6.45) is 2.96. The van der Waals surface area contributed by atoms with Gasteiger partial charge < -0.3 is 20.3 Å². The van der Waals surface area contributed by atoms with Crippen LogP contribution >= 0.6 is 11.6 Å². The second-order valence-corrected chi connectivity index (χ2v) is 10.4. The van der Waals surface area contributed by atoms with E-state index in [1.807, 2.05) is 0 Å². The Morgan fingerprint density at radius 1 is 1.14 bits per heavy atom. The second kappa shape index (κ2) is 10.3. The van der Waals surface area contributed by atoms with Gasteiger partial charge in [0.2, 0.25) is 16.0 Å². The van der Waals surface area contributed by atoms with Gasteiger partial charge in [-0.3, -0.25) is 0 Å². The number of primary sulfonamides is 1. The topological polar surface area (TPSA) is 122 Å². The number of halogens is 2. The number of benzene rings is 2. The summed E-state index contributed by atoms with van der Waals surface area (Å²) in [5, 5.41) is 11.4. The quantitative estimate of drug-likeness (QED) is 0.424. The molecule has 0 bridgehead atoms. The van der Waals surface area contributed by atoms with E-state index in [0.29, 0.717) is 27.7 Å². The third kappa shape index (κ3) is 6.37. The van der Waals surface area contributed by atoms with Gasteiger partial charge >= 0.3 is 0 Å². The van der Waals surface area contributed by atoms with E-state index in [1.54, 1.807) is 37.3 Å². The molecule has 1 aliphatic heterocycles. The van der Waals surface area contributed by atoms with Crippen LogP contribution in [0, 0.1) is 12.7 Å². The van der Waals surface area contributed by atoms with Crippen LogP contribution in [0.1, 0.15) is 18.4 Å². The third-order valence-corrected chi connectivity index (χ3v) is 7.00. The largest absolute Gasteiger partial charge is 0.489 e. The normalized spacial score (nSPS) is 15.1. The summed E-state index contributed by atoms with van der Waals surface area (Å²) in [4.78, 5) is 10.3. The number of aryl methyl sites for hydroxylation is 1. The Bertz CT molecular complexity index is 1330. The Labute approximate surface area is 208 Å². The zero-order valence-electron chi connectivity index (χ0n) is 19.3. The molecule has 4 N–H and O–H groups in total. The second-order valence-electron chi connectivity index (χ2n) is 8.43. The van der Waals surface area contributed by atoms with Crippen LogP contribution < -0.4 is 20.5 Å². The maximum absolute atomic E-state index is 14.4. The fourth-order valence-corrected chi connectivity index (χ4v) is 4.75. The monoisotopic (exact) mass is 520 g/mol. The maximum Gasteiger partial charge on any atom is 0.238 e. The van der Waals surface area contributed by atoms with Crippen LogP contribution in [0.3, 0.4) is 0 Å². The van der Waals surface area contributed by atoms with Crippen molar-refractivity contribution < 1.29 is 17.5 Å². The van der Waals surface area contributed by atoms with Gasteiger partial charge in [0.05, 0.1) is 16.1 Å². The summed E-state index contributed by atoms with van der Waals surface area (Å²) in [6.45, 7) is 3.57. The molecule has 9 nitrogen and oxygen atoms in total. The molecule has 0 saturated carbocycles. The van der Waals surface area contributed by atoms with E-state index in [0.717, 1.165) is 32.1 Å². The Morgan fingerprint density at radius 3 is 2.51 bits per heavy atom. The highest BCUT2D eigenvalue weighted by Gasteiger charge is 2.19. The molecule has 1 aliphatic rings. The molecule has 2 aromatic carbocycles. The van der Waals surface area contributed by atoms with Crippen LogP contribution in [0.2, 0.25) is 5.02 Å². The number of hydrogen-bond donors (Lipinski definition) is 3. The predicted octanol–water partition coefficient (Wildman–Crippen LogP) is 4.19. The molecular weight excluding hydrogens is 495 g/mol. The van der Waals surface area contributed by atoms with Crippen LogP contribution in [0.25, 0.3) is 0 Å². The lowest BCUT2D eigenvalue weighted by molar-refractivity contribution is 0.114. The van der Waals surface area contributed by atoms with E-state index in [2.05, 4.69) is 32.5 Å². The van der Waals surface area contributed by atoms with Gasteiger partial charge in [0.1, 0.15) is 11.9 Å². The third-order valence-electron chi connectivity index (χ3n) is 5.65. The number of nitrogens with two attached hydrogens (primary N) is 1. The number of likely N-dealkylation sites (tertiary alicyclic amines) is 1. The minimum absolute atomic E-state index is 0.0276. The molecule has 4 rings (SSSR count). The molecule has 0 atom stereocenters. The Balaban J connectivity index is 1.48. The molecule has 35 heavy (non-hydrogen) atoms. The van der Waals surface area contributed by atoms with Gasteiger partial charge in [-0.2, -0.15) is 4.98 Å². The highest BCUT2D eigenvalue weighted by Crippen LogP contribution is 2.31. The lowest BCUT2D eigenvalue weighted by atomic mass is 10.1. The molecule has 2 heterocycles. The van der Waals surface area contributed by atoms with Crippen molar-refractivity contribution in [2.24, 2.45) is 5.14 Å². The summed E-state index contributed by atoms with van der Waals surface area (Å²) in [7, 11) is -1.82. The minimum atomic E-state index is -3.90. The van der Waals surface area contributed by atoms with E-state index in [9.17, 15) is 12.8 Å². The number of piperidine rings is 1. The number of ether oxygens (including phenoxy) is 1. The van der Waals surface area contributed by atoms with Crippen molar-refractivity contribution in [1.82, 2.24) is 14.9 Å². The van der Waals surface area contributed by atoms with Crippen molar-refractivity contribution in [1.29, 1.82) is 0 Å². The van der Waals surface area contributed by atoms with Crippen molar-refractivity contribution >= 4 is 44.8 Å². The summed E-state index contributed by atoms with van der Waals surface area (Å²) >= 11 is 6.41. The first-order valence-corrected chi connectivity index (χ1v) is 12.9. The van der Waals surface area contributed by atoms with E-state index >= 15 is 0 Å². The van der Waals surface area contributed by atoms with Crippen molar-refractivity contribution in [3.63, 3.8) is 0 Å². The van der Waals surface area contributed by atoms with Crippen molar-refractivity contribution in [3.05, 3.63) is 59.0 Å². The predicted molar refractivity (Wildman–Crippen MR) is 134 cm³/mol. The number of nitrogens with one attached hydrogen (secondary N) is 2. The van der Waals surface area contributed by atoms with Crippen LogP contribution in [-0.4, -0.2) is 49.5 Å². The van der Waals surface area contributed by atoms with Crippen LogP contribution in [0.15, 0.2) is 47.5 Å². The molecule has 3 aromatic rings. The van der Waals surface area contributed by atoms with Gasteiger partial charge in [0.15, 0.2) is 11.6 Å². The Morgan fingerprint density at radius 2 is 1.83 bits per heavy atom. The molecule has 0 amide bonds. The number of sulfonamides is 1. The number of rotatable bonds is 7. The molecule has 186 valence electrons. The fraction of sp³-hybridized carbons (Fsp3) is 0.304. The number of aromatic nitrogens is 2. The Hall–Kier alpha value is -2.99. The van der Waals surface area contributed by atoms with Gasteiger partial charge in [-0.15, -0.1) is 0 Å². The highest BCUT2D eigenvalue weighted by atomic mass is 35.5. The average molecular weight is 521 g/mol. The van der Waals surface area contributed by atoms with Crippen LogP contribution in [0.5, 0.6) is 5.75 Å². The molecule has 1 fully saturated rings. The summed E-state index contributed by atoms with van der Waals surface area (Å²) < 4.78 is 44.0. The fourth-order valence-electron chi connectivity index (χ4n) is 3.72. The first-order chi connectivity index (χ1) is 16.6. The van der Waals surface area contributed by atoms with Gasteiger partial charge in [-0.1, -0.05) is 17.7 Å². The Kier molecular flexibility index (Phi) is 7.41. The number of anilines is 4. The molecule has 0 radical (unpaired) electrons.